The molecule has 2 rings (SSSR count). The predicted molar refractivity (Wildman–Crippen MR) is 69.2 cm³/mol. The van der Waals surface area contributed by atoms with Crippen LogP contribution in [0.25, 0.3) is 0 Å². The molecule has 1 fully saturated rings. The minimum atomic E-state index is -0.0490. The van der Waals surface area contributed by atoms with E-state index in [0.29, 0.717) is 29.4 Å². The quantitative estimate of drug-likeness (QED) is 0.783. The zero-order chi connectivity index (χ0) is 13.1. The lowest BCUT2D eigenvalue weighted by Crippen LogP contribution is -2.26. The maximum atomic E-state index is 12.3. The molecule has 1 aliphatic carbocycles. The van der Waals surface area contributed by atoms with Crippen molar-refractivity contribution in [1.29, 1.82) is 0 Å². The molecule has 1 atom stereocenters. The van der Waals surface area contributed by atoms with E-state index in [1.807, 2.05) is 0 Å². The molecule has 0 bridgehead atoms. The topological polar surface area (TPSA) is 61.5 Å². The lowest BCUT2D eigenvalue weighted by Gasteiger charge is -2.14. The summed E-state index contributed by atoms with van der Waals surface area (Å²) in [4.78, 5) is 12.3. The van der Waals surface area contributed by atoms with Crippen LogP contribution in [0.5, 0.6) is 11.5 Å². The van der Waals surface area contributed by atoms with Crippen molar-refractivity contribution in [3.63, 3.8) is 0 Å². The zero-order valence-corrected chi connectivity index (χ0v) is 10.8. The first-order chi connectivity index (χ1) is 8.67. The molecular weight excluding hydrogens is 230 g/mol. The molecule has 1 unspecified atom stereocenters. The molecule has 1 aliphatic rings. The summed E-state index contributed by atoms with van der Waals surface area (Å²) in [5, 5.41) is 0. The molecule has 1 aromatic carbocycles. The third-order valence-electron chi connectivity index (χ3n) is 3.36. The summed E-state index contributed by atoms with van der Waals surface area (Å²) in [6.45, 7) is 0. The van der Waals surface area contributed by atoms with Crippen LogP contribution >= 0.6 is 0 Å². The maximum absolute atomic E-state index is 12.3. The number of carbonyl (C=O) groups is 1. The third-order valence-corrected chi connectivity index (χ3v) is 3.36. The summed E-state index contributed by atoms with van der Waals surface area (Å²) in [5.74, 6) is 1.59. The molecule has 1 saturated carbocycles. The summed E-state index contributed by atoms with van der Waals surface area (Å²) in [5.41, 5.74) is 6.50. The molecule has 4 heteroatoms. The van der Waals surface area contributed by atoms with Crippen molar-refractivity contribution in [3.05, 3.63) is 23.8 Å². The van der Waals surface area contributed by atoms with Gasteiger partial charge in [-0.25, -0.2) is 0 Å². The second-order valence-electron chi connectivity index (χ2n) is 4.67. The van der Waals surface area contributed by atoms with Gasteiger partial charge in [0.2, 0.25) is 0 Å². The monoisotopic (exact) mass is 249 g/mol. The largest absolute Gasteiger partial charge is 0.496 e. The van der Waals surface area contributed by atoms with Crippen LogP contribution in [-0.2, 0) is 0 Å². The first-order valence-electron chi connectivity index (χ1n) is 6.17. The van der Waals surface area contributed by atoms with E-state index < -0.39 is 0 Å². The number of methoxy groups -OCH3 is 2. The minimum absolute atomic E-state index is 0.0105. The minimum Gasteiger partial charge on any atom is -0.496 e. The molecule has 18 heavy (non-hydrogen) atoms. The van der Waals surface area contributed by atoms with E-state index in [1.165, 1.54) is 0 Å². The lowest BCUT2D eigenvalue weighted by atomic mass is 10.00. The van der Waals surface area contributed by atoms with Crippen LogP contribution in [0.2, 0.25) is 0 Å². The fourth-order valence-corrected chi connectivity index (χ4v) is 2.13. The standard InChI is InChI=1S/C14H19NO3/c1-17-12-4-3-5-13(18-2)14(12)11(16)8-10(15)9-6-7-9/h3-5,9-10H,6-8,15H2,1-2H3. The van der Waals surface area contributed by atoms with Crippen molar-refractivity contribution < 1.29 is 14.3 Å². The van der Waals surface area contributed by atoms with Gasteiger partial charge >= 0.3 is 0 Å². The zero-order valence-electron chi connectivity index (χ0n) is 10.8. The molecule has 2 N–H and O–H groups in total. The highest BCUT2D eigenvalue weighted by Gasteiger charge is 2.31. The van der Waals surface area contributed by atoms with E-state index in [2.05, 4.69) is 0 Å². The Balaban J connectivity index is 2.21. The van der Waals surface area contributed by atoms with Gasteiger partial charge in [0.15, 0.2) is 5.78 Å². The SMILES string of the molecule is COc1cccc(OC)c1C(=O)CC(N)C1CC1. The first kappa shape index (κ1) is 12.9. The number of carbonyl (C=O) groups excluding carboxylic acids is 1. The van der Waals surface area contributed by atoms with Gasteiger partial charge in [-0.05, 0) is 30.9 Å². The average Bonchev–Trinajstić information content (AvgIpc) is 3.21. The molecule has 0 aromatic heterocycles. The van der Waals surface area contributed by atoms with Crippen LogP contribution in [0, 0.1) is 5.92 Å². The Morgan fingerprint density at radius 3 is 2.33 bits per heavy atom. The van der Waals surface area contributed by atoms with E-state index in [1.54, 1.807) is 32.4 Å². The van der Waals surface area contributed by atoms with Crippen LogP contribution in [0.3, 0.4) is 0 Å². The van der Waals surface area contributed by atoms with Gasteiger partial charge in [-0.15, -0.1) is 0 Å². The van der Waals surface area contributed by atoms with Gasteiger partial charge in [-0.1, -0.05) is 6.07 Å². The number of Topliss-reactive ketones (excluding diaryl/α,β-unsaturated/α-hetero) is 1. The number of hydrogen-bond donors (Lipinski definition) is 1. The Morgan fingerprint density at radius 2 is 1.89 bits per heavy atom. The smallest absolute Gasteiger partial charge is 0.171 e. The highest BCUT2D eigenvalue weighted by atomic mass is 16.5. The summed E-state index contributed by atoms with van der Waals surface area (Å²) in [6, 6.07) is 5.28. The Morgan fingerprint density at radius 1 is 1.33 bits per heavy atom. The Hall–Kier alpha value is -1.55. The van der Waals surface area contributed by atoms with E-state index in [-0.39, 0.29) is 11.8 Å². The molecule has 98 valence electrons. The third kappa shape index (κ3) is 2.64. The van der Waals surface area contributed by atoms with Crippen LogP contribution in [0.4, 0.5) is 0 Å². The highest BCUT2D eigenvalue weighted by Crippen LogP contribution is 2.35. The average molecular weight is 249 g/mol. The highest BCUT2D eigenvalue weighted by molar-refractivity contribution is 6.01. The van der Waals surface area contributed by atoms with E-state index >= 15 is 0 Å². The molecule has 0 radical (unpaired) electrons. The van der Waals surface area contributed by atoms with E-state index in [4.69, 9.17) is 15.2 Å². The molecule has 0 heterocycles. The molecule has 0 aliphatic heterocycles. The summed E-state index contributed by atoms with van der Waals surface area (Å²) in [7, 11) is 3.10. The summed E-state index contributed by atoms with van der Waals surface area (Å²) >= 11 is 0. The molecule has 4 nitrogen and oxygen atoms in total. The Bertz CT molecular complexity index is 418. The number of ether oxygens (including phenoxy) is 2. The van der Waals surface area contributed by atoms with Crippen molar-refractivity contribution in [2.45, 2.75) is 25.3 Å². The van der Waals surface area contributed by atoms with Crippen molar-refractivity contribution in [2.75, 3.05) is 14.2 Å². The fraction of sp³-hybridized carbons (Fsp3) is 0.500. The first-order valence-corrected chi connectivity index (χ1v) is 6.17. The van der Waals surface area contributed by atoms with Crippen molar-refractivity contribution in [1.82, 2.24) is 0 Å². The predicted octanol–water partition coefficient (Wildman–Crippen LogP) is 2.01. The van der Waals surface area contributed by atoms with E-state index in [0.717, 1.165) is 12.8 Å². The van der Waals surface area contributed by atoms with Crippen molar-refractivity contribution in [3.8, 4) is 11.5 Å². The van der Waals surface area contributed by atoms with Crippen molar-refractivity contribution >= 4 is 5.78 Å². The van der Waals surface area contributed by atoms with E-state index in [9.17, 15) is 4.79 Å². The maximum Gasteiger partial charge on any atom is 0.171 e. The van der Waals surface area contributed by atoms with Crippen LogP contribution in [0.15, 0.2) is 18.2 Å². The summed E-state index contributed by atoms with van der Waals surface area (Å²) in [6.07, 6.45) is 2.62. The van der Waals surface area contributed by atoms with Gasteiger partial charge in [-0.2, -0.15) is 0 Å². The van der Waals surface area contributed by atoms with Gasteiger partial charge < -0.3 is 15.2 Å². The fourth-order valence-electron chi connectivity index (χ4n) is 2.13. The number of ketones is 1. The number of hydrogen-bond acceptors (Lipinski definition) is 4. The Labute approximate surface area is 107 Å². The van der Waals surface area contributed by atoms with Crippen molar-refractivity contribution in [2.24, 2.45) is 11.7 Å². The molecular formula is C14H19NO3. The van der Waals surface area contributed by atoms with Gasteiger partial charge in [0.25, 0.3) is 0 Å². The van der Waals surface area contributed by atoms with Gasteiger partial charge in [0.1, 0.15) is 17.1 Å². The lowest BCUT2D eigenvalue weighted by molar-refractivity contribution is 0.0965. The summed E-state index contributed by atoms with van der Waals surface area (Å²) < 4.78 is 10.4. The Kier molecular flexibility index (Phi) is 3.87. The normalized spacial score (nSPS) is 16.2. The number of rotatable bonds is 6. The van der Waals surface area contributed by atoms with Crippen LogP contribution < -0.4 is 15.2 Å². The van der Waals surface area contributed by atoms with Gasteiger partial charge in [0.05, 0.1) is 14.2 Å². The number of nitrogens with two attached hydrogens (primary N) is 1. The van der Waals surface area contributed by atoms with Gasteiger partial charge in [0, 0.05) is 12.5 Å². The molecule has 0 amide bonds. The molecule has 0 saturated heterocycles. The second kappa shape index (κ2) is 5.40. The second-order valence-corrected chi connectivity index (χ2v) is 4.67. The van der Waals surface area contributed by atoms with Gasteiger partial charge in [-0.3, -0.25) is 4.79 Å². The molecule has 0 spiro atoms. The van der Waals surface area contributed by atoms with Crippen LogP contribution in [-0.4, -0.2) is 26.0 Å². The molecule has 1 aromatic rings. The number of benzene rings is 1. The van der Waals surface area contributed by atoms with Crippen LogP contribution in [0.1, 0.15) is 29.6 Å².